The maximum atomic E-state index is 13.3. The highest BCUT2D eigenvalue weighted by Crippen LogP contribution is 2.39. The van der Waals surface area contributed by atoms with Crippen LogP contribution in [0.2, 0.25) is 0 Å². The maximum Gasteiger partial charge on any atom is 0.255 e. The molecule has 4 rings (SSSR count). The van der Waals surface area contributed by atoms with Crippen LogP contribution in [0.25, 0.3) is 11.0 Å². The van der Waals surface area contributed by atoms with Gasteiger partial charge in [0, 0.05) is 44.5 Å². The van der Waals surface area contributed by atoms with Crippen molar-refractivity contribution in [2.75, 3.05) is 24.6 Å². The molecule has 30 heavy (non-hydrogen) atoms. The molecule has 2 N–H and O–H groups in total. The molecule has 2 aliphatic rings. The van der Waals surface area contributed by atoms with Crippen molar-refractivity contribution < 1.29 is 23.1 Å². The van der Waals surface area contributed by atoms with Crippen LogP contribution >= 0.6 is 0 Å². The number of aryl methyl sites for hydroxylation is 1. The normalized spacial score (nSPS) is 31.7. The summed E-state index contributed by atoms with van der Waals surface area (Å²) in [5, 5.41) is 14.1. The van der Waals surface area contributed by atoms with E-state index in [2.05, 4.69) is 15.3 Å². The first-order valence-corrected chi connectivity index (χ1v) is 11.2. The van der Waals surface area contributed by atoms with Crippen molar-refractivity contribution in [1.82, 2.24) is 18.8 Å². The van der Waals surface area contributed by atoms with E-state index in [9.17, 15) is 18.3 Å². The van der Waals surface area contributed by atoms with Crippen LogP contribution in [-0.2, 0) is 10.0 Å². The van der Waals surface area contributed by atoms with Crippen molar-refractivity contribution in [2.45, 2.75) is 63.5 Å². The predicted octanol–water partition coefficient (Wildman–Crippen LogP) is 1.41. The number of hydrogen-bond acceptors (Lipinski definition) is 7. The zero-order valence-corrected chi connectivity index (χ0v) is 17.4. The van der Waals surface area contributed by atoms with Gasteiger partial charge in [0.05, 0.1) is 19.2 Å². The number of aliphatic hydroxyl groups is 1. The molecule has 3 heterocycles. The Labute approximate surface area is 186 Å². The van der Waals surface area contributed by atoms with Crippen LogP contribution in [0.5, 0.6) is 0 Å². The predicted molar refractivity (Wildman–Crippen MR) is 115 cm³/mol. The van der Waals surface area contributed by atoms with E-state index in [1.54, 1.807) is 6.92 Å². The minimum absolute atomic E-state index is 0.0398. The molecule has 2 aromatic rings. The fourth-order valence-corrected chi connectivity index (χ4v) is 4.95. The Balaban J connectivity index is 1.70. The maximum absolute atomic E-state index is 13.3. The summed E-state index contributed by atoms with van der Waals surface area (Å²) in [6.45, 7) is -1.49. The summed E-state index contributed by atoms with van der Waals surface area (Å²) in [5.41, 5.74) is -2.35. The molecule has 0 bridgehead atoms. The molecule has 0 aromatic carbocycles. The van der Waals surface area contributed by atoms with Crippen LogP contribution < -0.4 is 10.9 Å². The van der Waals surface area contributed by atoms with Crippen molar-refractivity contribution >= 4 is 27.0 Å². The first kappa shape index (κ1) is 14.1. The third-order valence-corrected chi connectivity index (χ3v) is 6.96. The Hall–Kier alpha value is -2.04. The topological polar surface area (TPSA) is 117 Å². The number of nitrogens with zero attached hydrogens (tertiary/aromatic N) is 4. The molecular formula is C20H29N5O4S. The van der Waals surface area contributed by atoms with E-state index in [-0.39, 0.29) is 42.9 Å². The van der Waals surface area contributed by atoms with Crippen LogP contribution in [0.1, 0.15) is 60.2 Å². The van der Waals surface area contributed by atoms with Crippen molar-refractivity contribution in [3.63, 3.8) is 0 Å². The SMILES string of the molecule is [2H]C1(Nc2ncc3cc(C([2H])([2H])[2H])c(=O)n([C@H]4CCC[C@]4(C)O)c3n2)CCN(S(=O)(=O)C([2H])([2H])[2H])CC1. The largest absolute Gasteiger partial charge is 0.388 e. The summed E-state index contributed by atoms with van der Waals surface area (Å²) < 4.78 is 80.4. The van der Waals surface area contributed by atoms with Gasteiger partial charge in [-0.05, 0) is 51.9 Å². The molecule has 164 valence electrons. The van der Waals surface area contributed by atoms with Gasteiger partial charge < -0.3 is 10.4 Å². The van der Waals surface area contributed by atoms with Gasteiger partial charge >= 0.3 is 0 Å². The number of anilines is 1. The first-order chi connectivity index (χ1) is 16.9. The van der Waals surface area contributed by atoms with Gasteiger partial charge in [0.15, 0.2) is 0 Å². The smallest absolute Gasteiger partial charge is 0.255 e. The molecule has 0 spiro atoms. The number of aromatic nitrogens is 3. The minimum Gasteiger partial charge on any atom is -0.388 e. The molecule has 0 amide bonds. The summed E-state index contributed by atoms with van der Waals surface area (Å²) in [7, 11) is -4.52. The van der Waals surface area contributed by atoms with E-state index in [1.165, 1.54) is 16.8 Å². The van der Waals surface area contributed by atoms with E-state index in [0.717, 1.165) is 4.31 Å². The zero-order valence-electron chi connectivity index (χ0n) is 23.6. The number of fused-ring (bicyclic) bond motifs is 1. The number of piperidine rings is 1. The molecule has 1 saturated heterocycles. The van der Waals surface area contributed by atoms with Crippen LogP contribution in [0.4, 0.5) is 5.95 Å². The van der Waals surface area contributed by atoms with Crippen molar-refractivity contribution in [3.8, 4) is 0 Å². The van der Waals surface area contributed by atoms with E-state index >= 15 is 0 Å². The van der Waals surface area contributed by atoms with Gasteiger partial charge in [0.2, 0.25) is 16.0 Å². The Morgan fingerprint density at radius 3 is 2.77 bits per heavy atom. The minimum atomic E-state index is -4.52. The molecule has 2 fully saturated rings. The number of pyridine rings is 1. The molecule has 0 radical (unpaired) electrons. The summed E-state index contributed by atoms with van der Waals surface area (Å²) in [6, 6.07) is -0.925. The molecule has 10 heteroatoms. The van der Waals surface area contributed by atoms with Gasteiger partial charge in [0.1, 0.15) is 5.65 Å². The van der Waals surface area contributed by atoms with Crippen LogP contribution in [-0.4, -0.2) is 63.3 Å². The van der Waals surface area contributed by atoms with Gasteiger partial charge in [-0.25, -0.2) is 17.7 Å². The first-order valence-electron chi connectivity index (χ1n) is 13.3. The molecule has 9 nitrogen and oxygen atoms in total. The average Bonchev–Trinajstić information content (AvgIpc) is 3.10. The fraction of sp³-hybridized carbons (Fsp3) is 0.650. The third kappa shape index (κ3) is 3.95. The number of sulfonamides is 1. The molecule has 1 saturated carbocycles. The number of hydrogen-bond donors (Lipinski definition) is 2. The lowest BCUT2D eigenvalue weighted by Gasteiger charge is -2.31. The highest BCUT2D eigenvalue weighted by Gasteiger charge is 2.39. The van der Waals surface area contributed by atoms with Crippen LogP contribution in [0, 0.1) is 6.85 Å². The van der Waals surface area contributed by atoms with Crippen molar-refractivity contribution in [2.24, 2.45) is 0 Å². The van der Waals surface area contributed by atoms with Gasteiger partial charge in [-0.1, -0.05) is 0 Å². The zero-order chi connectivity index (χ0) is 27.6. The van der Waals surface area contributed by atoms with Crippen LogP contribution in [0.3, 0.4) is 0 Å². The Morgan fingerprint density at radius 2 is 2.13 bits per heavy atom. The second-order valence-electron chi connectivity index (χ2n) is 8.10. The Bertz CT molecular complexity index is 1370. The van der Waals surface area contributed by atoms with E-state index in [0.29, 0.717) is 19.3 Å². The Kier molecular flexibility index (Phi) is 3.56. The van der Waals surface area contributed by atoms with Gasteiger partial charge in [-0.3, -0.25) is 9.36 Å². The molecule has 2 atom stereocenters. The lowest BCUT2D eigenvalue weighted by atomic mass is 9.99. The van der Waals surface area contributed by atoms with E-state index in [1.807, 2.05) is 0 Å². The molecule has 1 aliphatic carbocycles. The second kappa shape index (κ2) is 7.58. The number of rotatable bonds is 4. The van der Waals surface area contributed by atoms with E-state index in [4.69, 9.17) is 9.60 Å². The monoisotopic (exact) mass is 442 g/mol. The lowest BCUT2D eigenvalue weighted by Crippen LogP contribution is -2.42. The van der Waals surface area contributed by atoms with E-state index < -0.39 is 51.8 Å². The molecule has 1 aliphatic heterocycles. The van der Waals surface area contributed by atoms with Gasteiger partial charge in [0.25, 0.3) is 5.56 Å². The lowest BCUT2D eigenvalue weighted by molar-refractivity contribution is 0.0266. The fourth-order valence-electron chi connectivity index (χ4n) is 4.29. The summed E-state index contributed by atoms with van der Waals surface area (Å²) in [5.74, 6) is -0.0398. The summed E-state index contributed by atoms with van der Waals surface area (Å²) in [6.07, 6.45) is -0.469. The third-order valence-electron chi connectivity index (χ3n) is 5.92. The average molecular weight is 443 g/mol. The van der Waals surface area contributed by atoms with Gasteiger partial charge in [-0.2, -0.15) is 4.98 Å². The highest BCUT2D eigenvalue weighted by molar-refractivity contribution is 7.88. The highest BCUT2D eigenvalue weighted by atomic mass is 32.2. The standard InChI is InChI=1S/C20H29N5O4S/c1-13-11-14-12-21-19(22-15-6-9-24(10-7-15)30(3,28)29)23-17(14)25(18(13)26)16-5-4-8-20(16,2)27/h11-12,15-16,27H,4-10H2,1-3H3,(H,21,22,23)/t16-,20-/m0/s1/i1D3,3D3,15D. The van der Waals surface area contributed by atoms with Crippen LogP contribution in [0.15, 0.2) is 17.1 Å². The summed E-state index contributed by atoms with van der Waals surface area (Å²) >= 11 is 0. The molecular weight excluding hydrogens is 406 g/mol. The molecule has 0 unspecified atom stereocenters. The quantitative estimate of drug-likeness (QED) is 0.735. The van der Waals surface area contributed by atoms with Crippen molar-refractivity contribution in [1.29, 1.82) is 0 Å². The number of nitrogens with one attached hydrogen (secondary N) is 1. The second-order valence-corrected chi connectivity index (χ2v) is 9.57. The van der Waals surface area contributed by atoms with Crippen molar-refractivity contribution in [3.05, 3.63) is 28.2 Å². The molecule has 2 aromatic heterocycles. The Morgan fingerprint density at radius 1 is 1.37 bits per heavy atom. The van der Waals surface area contributed by atoms with Gasteiger partial charge in [-0.15, -0.1) is 0 Å². The summed E-state index contributed by atoms with van der Waals surface area (Å²) in [4.78, 5) is 21.9.